The van der Waals surface area contributed by atoms with Crippen molar-refractivity contribution < 1.29 is 19.1 Å². The number of carbonyl (C=O) groups excluding carboxylic acids is 1. The van der Waals surface area contributed by atoms with Gasteiger partial charge in [0.05, 0.1) is 6.04 Å². The second-order valence-electron chi connectivity index (χ2n) is 5.23. The molecule has 1 amide bonds. The molecular formula is C15H16N2O4. The van der Waals surface area contributed by atoms with Gasteiger partial charge in [-0.3, -0.25) is 9.69 Å². The maximum Gasteiger partial charge on any atom is 0.371 e. The summed E-state index contributed by atoms with van der Waals surface area (Å²) in [4.78, 5) is 24.7. The van der Waals surface area contributed by atoms with E-state index in [-0.39, 0.29) is 17.7 Å². The van der Waals surface area contributed by atoms with Crippen LogP contribution in [0.4, 0.5) is 0 Å². The quantitative estimate of drug-likeness (QED) is 0.893. The van der Waals surface area contributed by atoms with Crippen LogP contribution in [0.5, 0.6) is 0 Å². The zero-order valence-electron chi connectivity index (χ0n) is 11.6. The van der Waals surface area contributed by atoms with Crippen LogP contribution in [0.1, 0.15) is 23.0 Å². The van der Waals surface area contributed by atoms with Gasteiger partial charge in [-0.1, -0.05) is 6.07 Å². The lowest BCUT2D eigenvalue weighted by Crippen LogP contribution is -2.53. The molecule has 0 aliphatic carbocycles. The highest BCUT2D eigenvalue weighted by Crippen LogP contribution is 2.22. The van der Waals surface area contributed by atoms with Crippen LogP contribution >= 0.6 is 0 Å². The largest absolute Gasteiger partial charge is 0.475 e. The second kappa shape index (κ2) is 5.21. The molecule has 1 unspecified atom stereocenters. The molecule has 1 aliphatic rings. The number of nitrogens with one attached hydrogen (secondary N) is 1. The monoisotopic (exact) mass is 288 g/mol. The second-order valence-corrected chi connectivity index (χ2v) is 5.23. The van der Waals surface area contributed by atoms with Gasteiger partial charge in [0.2, 0.25) is 11.7 Å². The first kappa shape index (κ1) is 13.6. The van der Waals surface area contributed by atoms with E-state index < -0.39 is 5.97 Å². The molecule has 2 N–H and O–H groups in total. The average Bonchev–Trinajstić information content (AvgIpc) is 2.87. The van der Waals surface area contributed by atoms with Crippen LogP contribution in [0.3, 0.4) is 0 Å². The lowest BCUT2D eigenvalue weighted by Gasteiger charge is -2.32. The van der Waals surface area contributed by atoms with Crippen molar-refractivity contribution >= 4 is 22.8 Å². The molecule has 21 heavy (non-hydrogen) atoms. The Morgan fingerprint density at radius 3 is 3.05 bits per heavy atom. The minimum absolute atomic E-state index is 0.0406. The van der Waals surface area contributed by atoms with Gasteiger partial charge < -0.3 is 14.8 Å². The highest BCUT2D eigenvalue weighted by molar-refractivity contribution is 5.91. The zero-order chi connectivity index (χ0) is 15.0. The highest BCUT2D eigenvalue weighted by Gasteiger charge is 2.25. The van der Waals surface area contributed by atoms with Gasteiger partial charge in [0, 0.05) is 25.0 Å². The number of hydrogen-bond acceptors (Lipinski definition) is 4. The number of carboxylic acid groups (broad SMARTS) is 1. The van der Waals surface area contributed by atoms with Gasteiger partial charge in [-0.2, -0.15) is 0 Å². The van der Waals surface area contributed by atoms with E-state index in [0.29, 0.717) is 18.7 Å². The Labute approximate surface area is 121 Å². The van der Waals surface area contributed by atoms with Crippen LogP contribution in [0.15, 0.2) is 28.7 Å². The van der Waals surface area contributed by atoms with Gasteiger partial charge in [-0.05, 0) is 30.7 Å². The van der Waals surface area contributed by atoms with Crippen LogP contribution in [-0.4, -0.2) is 41.0 Å². The van der Waals surface area contributed by atoms with Crippen molar-refractivity contribution in [1.29, 1.82) is 0 Å². The van der Waals surface area contributed by atoms with Crippen molar-refractivity contribution in [2.75, 3.05) is 13.1 Å². The molecule has 1 saturated heterocycles. The SMILES string of the molecule is CC1C(=O)NCCN1Cc1ccc2oc(C(=O)O)cc2c1. The number of hydrogen-bond donors (Lipinski definition) is 2. The molecule has 2 heterocycles. The molecule has 0 saturated carbocycles. The third-order valence-corrected chi connectivity index (χ3v) is 3.80. The van der Waals surface area contributed by atoms with E-state index in [1.54, 1.807) is 6.07 Å². The van der Waals surface area contributed by atoms with Crippen molar-refractivity contribution in [2.24, 2.45) is 0 Å². The van der Waals surface area contributed by atoms with E-state index in [9.17, 15) is 9.59 Å². The molecule has 3 rings (SSSR count). The summed E-state index contributed by atoms with van der Waals surface area (Å²) >= 11 is 0. The molecule has 1 aromatic carbocycles. The van der Waals surface area contributed by atoms with Crippen molar-refractivity contribution in [1.82, 2.24) is 10.2 Å². The number of amides is 1. The van der Waals surface area contributed by atoms with Crippen molar-refractivity contribution in [3.63, 3.8) is 0 Å². The number of furan rings is 1. The molecule has 110 valence electrons. The lowest BCUT2D eigenvalue weighted by molar-refractivity contribution is -0.128. The maximum absolute atomic E-state index is 11.7. The van der Waals surface area contributed by atoms with E-state index in [2.05, 4.69) is 10.2 Å². The minimum atomic E-state index is -1.07. The fourth-order valence-electron chi connectivity index (χ4n) is 2.58. The summed E-state index contributed by atoms with van der Waals surface area (Å²) < 4.78 is 5.24. The number of aromatic carboxylic acids is 1. The van der Waals surface area contributed by atoms with E-state index in [0.717, 1.165) is 17.5 Å². The van der Waals surface area contributed by atoms with Crippen LogP contribution in [0.25, 0.3) is 11.0 Å². The smallest absolute Gasteiger partial charge is 0.371 e. The van der Waals surface area contributed by atoms with Gasteiger partial charge in [0.25, 0.3) is 0 Å². The average molecular weight is 288 g/mol. The predicted molar refractivity (Wildman–Crippen MR) is 76.1 cm³/mol. The van der Waals surface area contributed by atoms with Gasteiger partial charge in [-0.15, -0.1) is 0 Å². The summed E-state index contributed by atoms with van der Waals surface area (Å²) in [5.74, 6) is -1.10. The third kappa shape index (κ3) is 2.62. The first-order chi connectivity index (χ1) is 10.0. The van der Waals surface area contributed by atoms with Crippen LogP contribution < -0.4 is 5.32 Å². The topological polar surface area (TPSA) is 82.8 Å². The normalized spacial score (nSPS) is 19.7. The van der Waals surface area contributed by atoms with E-state index >= 15 is 0 Å². The molecule has 0 bridgehead atoms. The number of carboxylic acids is 1. The van der Waals surface area contributed by atoms with Crippen LogP contribution in [0, 0.1) is 0 Å². The number of piperazine rings is 1. The van der Waals surface area contributed by atoms with Gasteiger partial charge in [0.1, 0.15) is 5.58 Å². The number of benzene rings is 1. The molecule has 2 aromatic rings. The summed E-state index contributed by atoms with van der Waals surface area (Å²) in [6.07, 6.45) is 0. The van der Waals surface area contributed by atoms with Crippen molar-refractivity contribution in [3.05, 3.63) is 35.6 Å². The van der Waals surface area contributed by atoms with Crippen LogP contribution in [0.2, 0.25) is 0 Å². The Morgan fingerprint density at radius 1 is 1.48 bits per heavy atom. The molecule has 1 atom stereocenters. The molecule has 1 fully saturated rings. The summed E-state index contributed by atoms with van der Waals surface area (Å²) in [5.41, 5.74) is 1.59. The summed E-state index contributed by atoms with van der Waals surface area (Å²) in [5, 5.41) is 12.5. The lowest BCUT2D eigenvalue weighted by atomic mass is 10.1. The van der Waals surface area contributed by atoms with Gasteiger partial charge >= 0.3 is 5.97 Å². The standard InChI is InChI=1S/C15H16N2O4/c1-9-14(18)16-4-5-17(9)8-10-2-3-12-11(6-10)7-13(21-12)15(19)20/h2-3,6-7,9H,4-5,8H2,1H3,(H,16,18)(H,19,20). The minimum Gasteiger partial charge on any atom is -0.475 e. The summed E-state index contributed by atoms with van der Waals surface area (Å²) in [6, 6.07) is 6.94. The van der Waals surface area contributed by atoms with Crippen molar-refractivity contribution in [2.45, 2.75) is 19.5 Å². The molecule has 1 aromatic heterocycles. The van der Waals surface area contributed by atoms with E-state index in [1.807, 2.05) is 19.1 Å². The number of nitrogens with zero attached hydrogens (tertiary/aromatic N) is 1. The molecule has 0 radical (unpaired) electrons. The molecule has 6 heteroatoms. The Morgan fingerprint density at radius 2 is 2.29 bits per heavy atom. The van der Waals surface area contributed by atoms with Crippen molar-refractivity contribution in [3.8, 4) is 0 Å². The Kier molecular flexibility index (Phi) is 3.39. The highest BCUT2D eigenvalue weighted by atomic mass is 16.4. The van der Waals surface area contributed by atoms with E-state index in [1.165, 1.54) is 6.07 Å². The van der Waals surface area contributed by atoms with Gasteiger partial charge in [-0.25, -0.2) is 4.79 Å². The first-order valence-corrected chi connectivity index (χ1v) is 6.82. The fraction of sp³-hybridized carbons (Fsp3) is 0.333. The van der Waals surface area contributed by atoms with E-state index in [4.69, 9.17) is 9.52 Å². The Hall–Kier alpha value is -2.34. The zero-order valence-corrected chi connectivity index (χ0v) is 11.6. The fourth-order valence-corrected chi connectivity index (χ4v) is 2.58. The molecular weight excluding hydrogens is 272 g/mol. The summed E-state index contributed by atoms with van der Waals surface area (Å²) in [6.45, 7) is 3.99. The molecule has 0 spiro atoms. The Balaban J connectivity index is 1.84. The molecule has 6 nitrogen and oxygen atoms in total. The van der Waals surface area contributed by atoms with Crippen LogP contribution in [-0.2, 0) is 11.3 Å². The number of fused-ring (bicyclic) bond motifs is 1. The Bertz CT molecular complexity index is 707. The number of carbonyl (C=O) groups is 2. The maximum atomic E-state index is 11.7. The number of rotatable bonds is 3. The summed E-state index contributed by atoms with van der Waals surface area (Å²) in [7, 11) is 0. The molecule has 1 aliphatic heterocycles. The third-order valence-electron chi connectivity index (χ3n) is 3.80. The van der Waals surface area contributed by atoms with Gasteiger partial charge in [0.15, 0.2) is 0 Å². The first-order valence-electron chi connectivity index (χ1n) is 6.82. The predicted octanol–water partition coefficient (Wildman–Crippen LogP) is 1.45.